The fourth-order valence-electron chi connectivity index (χ4n) is 1.02. The van der Waals surface area contributed by atoms with E-state index < -0.39 is 5.60 Å². The van der Waals surface area contributed by atoms with Gasteiger partial charge in [-0.1, -0.05) is 25.4 Å². The quantitative estimate of drug-likeness (QED) is 0.643. The zero-order valence-corrected chi connectivity index (χ0v) is 11.4. The first-order valence-corrected chi connectivity index (χ1v) is 6.59. The summed E-state index contributed by atoms with van der Waals surface area (Å²) in [6, 6.07) is 5.39. The zero-order valence-electron chi connectivity index (χ0n) is 9.83. The molecule has 1 aromatic rings. The maximum atomic E-state index is 10.1. The third kappa shape index (κ3) is 3.58. The van der Waals surface area contributed by atoms with Gasteiger partial charge in [-0.25, -0.2) is 0 Å². The van der Waals surface area contributed by atoms with Crippen molar-refractivity contribution < 1.29 is 5.11 Å². The summed E-state index contributed by atoms with van der Waals surface area (Å²) in [5.41, 5.74) is 5.69. The van der Waals surface area contributed by atoms with Crippen LogP contribution < -0.4 is 5.73 Å². The lowest BCUT2D eigenvalue weighted by Gasteiger charge is -2.27. The molecule has 1 atom stereocenters. The Morgan fingerprint density at radius 2 is 2.12 bits per heavy atom. The van der Waals surface area contributed by atoms with Crippen LogP contribution in [-0.4, -0.2) is 16.5 Å². The molecule has 0 spiro atoms. The van der Waals surface area contributed by atoms with Gasteiger partial charge in [-0.3, -0.25) is 0 Å². The van der Waals surface area contributed by atoms with Gasteiger partial charge in [0.05, 0.1) is 10.6 Å². The summed E-state index contributed by atoms with van der Waals surface area (Å²) in [5, 5.41) is 10.8. The molecule has 0 saturated heterocycles. The number of aliphatic hydroxyl groups is 1. The van der Waals surface area contributed by atoms with Crippen LogP contribution in [0.25, 0.3) is 0 Å². The molecule has 0 saturated carbocycles. The highest BCUT2D eigenvalue weighted by Crippen LogP contribution is 2.32. The van der Waals surface area contributed by atoms with Gasteiger partial charge in [-0.05, 0) is 31.0 Å². The predicted molar refractivity (Wildman–Crippen MR) is 72.1 cm³/mol. The molecule has 0 radical (unpaired) electrons. The van der Waals surface area contributed by atoms with Gasteiger partial charge in [-0.2, -0.15) is 0 Å². The molecule has 1 aromatic carbocycles. The van der Waals surface area contributed by atoms with E-state index in [2.05, 4.69) is 0 Å². The van der Waals surface area contributed by atoms with E-state index in [4.69, 9.17) is 17.3 Å². The highest BCUT2D eigenvalue weighted by molar-refractivity contribution is 7.99. The number of hydrogen-bond acceptors (Lipinski definition) is 3. The first-order chi connectivity index (χ1) is 7.33. The van der Waals surface area contributed by atoms with Gasteiger partial charge in [-0.15, -0.1) is 11.8 Å². The summed E-state index contributed by atoms with van der Waals surface area (Å²) in [4.78, 5) is 0.919. The van der Waals surface area contributed by atoms with Crippen molar-refractivity contribution in [3.63, 3.8) is 0 Å². The lowest BCUT2D eigenvalue weighted by Crippen LogP contribution is -2.33. The number of halogens is 1. The minimum Gasteiger partial charge on any atom is -0.399 e. The summed E-state index contributed by atoms with van der Waals surface area (Å²) in [5.74, 6) is 0.813. The van der Waals surface area contributed by atoms with Crippen molar-refractivity contribution in [2.24, 2.45) is 5.92 Å². The average Bonchev–Trinajstić information content (AvgIpc) is 2.19. The molecular formula is C12H18ClNOS. The maximum absolute atomic E-state index is 10.1. The SMILES string of the molecule is CC(C)C(C)(O)CSc1cc(N)ccc1Cl. The Kier molecular flexibility index (Phi) is 4.53. The number of hydrogen-bond donors (Lipinski definition) is 2. The topological polar surface area (TPSA) is 46.2 Å². The molecule has 0 fully saturated rings. The molecule has 0 bridgehead atoms. The van der Waals surface area contributed by atoms with Gasteiger partial charge in [0.1, 0.15) is 0 Å². The van der Waals surface area contributed by atoms with Crippen molar-refractivity contribution in [3.8, 4) is 0 Å². The van der Waals surface area contributed by atoms with E-state index in [-0.39, 0.29) is 5.92 Å². The fraction of sp³-hybridized carbons (Fsp3) is 0.500. The predicted octanol–water partition coefficient (Wildman–Crippen LogP) is 3.42. The van der Waals surface area contributed by atoms with Crippen LogP contribution in [0.15, 0.2) is 23.1 Å². The van der Waals surface area contributed by atoms with Crippen LogP contribution in [0.3, 0.4) is 0 Å². The summed E-state index contributed by atoms with van der Waals surface area (Å²) >= 11 is 7.58. The van der Waals surface area contributed by atoms with Crippen LogP contribution in [0.4, 0.5) is 5.69 Å². The Balaban J connectivity index is 2.71. The Bertz CT molecular complexity index is 366. The molecule has 0 aromatic heterocycles. The molecule has 1 unspecified atom stereocenters. The first kappa shape index (κ1) is 13.7. The monoisotopic (exact) mass is 259 g/mol. The van der Waals surface area contributed by atoms with E-state index in [9.17, 15) is 5.11 Å². The minimum atomic E-state index is -0.696. The number of anilines is 1. The van der Waals surface area contributed by atoms with Gasteiger partial charge >= 0.3 is 0 Å². The number of benzene rings is 1. The molecule has 0 aliphatic carbocycles. The number of thioether (sulfide) groups is 1. The second-order valence-corrected chi connectivity index (χ2v) is 5.91. The van der Waals surface area contributed by atoms with Crippen LogP contribution in [0.2, 0.25) is 5.02 Å². The average molecular weight is 260 g/mol. The second kappa shape index (κ2) is 5.30. The van der Waals surface area contributed by atoms with E-state index in [0.717, 1.165) is 4.90 Å². The van der Waals surface area contributed by atoms with Crippen LogP contribution in [0, 0.1) is 5.92 Å². The summed E-state index contributed by atoms with van der Waals surface area (Å²) in [7, 11) is 0. The number of nitrogen functional groups attached to an aromatic ring is 1. The summed E-state index contributed by atoms with van der Waals surface area (Å²) < 4.78 is 0. The molecule has 16 heavy (non-hydrogen) atoms. The Morgan fingerprint density at radius 3 is 2.69 bits per heavy atom. The molecule has 0 heterocycles. The van der Waals surface area contributed by atoms with Crippen molar-refractivity contribution in [1.29, 1.82) is 0 Å². The first-order valence-electron chi connectivity index (χ1n) is 5.23. The van der Waals surface area contributed by atoms with Crippen LogP contribution in [0.5, 0.6) is 0 Å². The van der Waals surface area contributed by atoms with Crippen LogP contribution in [-0.2, 0) is 0 Å². The highest BCUT2D eigenvalue weighted by Gasteiger charge is 2.25. The molecule has 0 aliphatic heterocycles. The van der Waals surface area contributed by atoms with Gasteiger partial charge < -0.3 is 10.8 Å². The standard InChI is InChI=1S/C12H18ClNOS/c1-8(2)12(3,15)7-16-11-6-9(14)4-5-10(11)13/h4-6,8,15H,7,14H2,1-3H3. The number of rotatable bonds is 4. The third-order valence-electron chi connectivity index (χ3n) is 2.72. The molecule has 0 aliphatic rings. The van der Waals surface area contributed by atoms with Crippen molar-refractivity contribution in [2.45, 2.75) is 31.3 Å². The highest BCUT2D eigenvalue weighted by atomic mass is 35.5. The molecule has 0 amide bonds. The van der Waals surface area contributed by atoms with Gasteiger partial charge in [0, 0.05) is 16.3 Å². The Labute approximate surface area is 106 Å². The Hall–Kier alpha value is -0.380. The number of nitrogens with two attached hydrogens (primary N) is 1. The summed E-state index contributed by atoms with van der Waals surface area (Å²) in [6.45, 7) is 5.84. The minimum absolute atomic E-state index is 0.208. The molecule has 2 nitrogen and oxygen atoms in total. The van der Waals surface area contributed by atoms with Crippen molar-refractivity contribution in [2.75, 3.05) is 11.5 Å². The van der Waals surface area contributed by atoms with Crippen molar-refractivity contribution >= 4 is 29.1 Å². The lowest BCUT2D eigenvalue weighted by atomic mass is 9.95. The molecule has 1 rings (SSSR count). The van der Waals surface area contributed by atoms with Gasteiger partial charge in [0.2, 0.25) is 0 Å². The maximum Gasteiger partial charge on any atom is 0.0736 e. The normalized spacial score (nSPS) is 15.1. The van der Waals surface area contributed by atoms with E-state index in [1.807, 2.05) is 26.8 Å². The fourth-order valence-corrected chi connectivity index (χ4v) is 2.51. The van der Waals surface area contributed by atoms with E-state index >= 15 is 0 Å². The molecule has 3 N–H and O–H groups in total. The van der Waals surface area contributed by atoms with Gasteiger partial charge in [0.15, 0.2) is 0 Å². The van der Waals surface area contributed by atoms with Crippen LogP contribution >= 0.6 is 23.4 Å². The van der Waals surface area contributed by atoms with E-state index in [1.54, 1.807) is 12.1 Å². The van der Waals surface area contributed by atoms with Gasteiger partial charge in [0.25, 0.3) is 0 Å². The molecule has 4 heteroatoms. The molecule has 90 valence electrons. The largest absolute Gasteiger partial charge is 0.399 e. The summed E-state index contributed by atoms with van der Waals surface area (Å²) in [6.07, 6.45) is 0. The third-order valence-corrected chi connectivity index (χ3v) is 4.54. The lowest BCUT2D eigenvalue weighted by molar-refractivity contribution is 0.0376. The van der Waals surface area contributed by atoms with E-state index in [1.165, 1.54) is 11.8 Å². The smallest absolute Gasteiger partial charge is 0.0736 e. The molecular weight excluding hydrogens is 242 g/mol. The van der Waals surface area contributed by atoms with E-state index in [0.29, 0.717) is 16.5 Å². The van der Waals surface area contributed by atoms with Crippen molar-refractivity contribution in [3.05, 3.63) is 23.2 Å². The van der Waals surface area contributed by atoms with Crippen LogP contribution in [0.1, 0.15) is 20.8 Å². The Morgan fingerprint density at radius 1 is 1.50 bits per heavy atom. The zero-order chi connectivity index (χ0) is 12.3. The second-order valence-electron chi connectivity index (χ2n) is 4.49. The van der Waals surface area contributed by atoms with Crippen molar-refractivity contribution in [1.82, 2.24) is 0 Å².